The number of anilines is 1. The molecule has 0 aliphatic rings. The average Bonchev–Trinajstić information content (AvgIpc) is 2.22. The summed E-state index contributed by atoms with van der Waals surface area (Å²) in [4.78, 5) is 10.3. The molecule has 4 N–H and O–H groups in total. The number of nitrogen functional groups attached to an aromatic ring is 1. The quantitative estimate of drug-likeness (QED) is 0.726. The van der Waals surface area contributed by atoms with Crippen molar-refractivity contribution in [2.24, 2.45) is 0 Å². The molecule has 0 radical (unpaired) electrons. The Labute approximate surface area is 108 Å². The maximum atomic E-state index is 13.6. The first kappa shape index (κ1) is 14.5. The fourth-order valence-corrected chi connectivity index (χ4v) is 2.51. The van der Waals surface area contributed by atoms with E-state index < -0.39 is 32.5 Å². The third kappa shape index (κ3) is 3.23. The van der Waals surface area contributed by atoms with Gasteiger partial charge in [-0.1, -0.05) is 11.6 Å². The van der Waals surface area contributed by atoms with Crippen LogP contribution in [0.5, 0.6) is 0 Å². The third-order valence-corrected chi connectivity index (χ3v) is 3.43. The molecule has 0 heterocycles. The third-order valence-electron chi connectivity index (χ3n) is 1.89. The maximum Gasteiger partial charge on any atom is 0.328 e. The van der Waals surface area contributed by atoms with E-state index in [1.165, 1.54) is 0 Å². The first-order valence-corrected chi connectivity index (χ1v) is 6.69. The predicted octanol–water partition coefficient (Wildman–Crippen LogP) is 1.07. The van der Waals surface area contributed by atoms with Crippen LogP contribution in [0.1, 0.15) is 6.92 Å². The second-order valence-electron chi connectivity index (χ2n) is 3.27. The van der Waals surface area contributed by atoms with Crippen LogP contribution in [0, 0.1) is 5.82 Å². The molecule has 0 fully saturated rings. The maximum absolute atomic E-state index is 13.6. The summed E-state index contributed by atoms with van der Waals surface area (Å²) in [6, 6.07) is 0.979. The van der Waals surface area contributed by atoms with Gasteiger partial charge in [0.2, 0.25) is 0 Å². The lowest BCUT2D eigenvalue weighted by Gasteiger charge is -2.09. The van der Waals surface area contributed by atoms with Gasteiger partial charge in [0.15, 0.2) is 5.82 Å². The van der Waals surface area contributed by atoms with E-state index in [1.54, 1.807) is 11.6 Å². The molecule has 1 rings (SSSR count). The monoisotopic (exact) mass is 295 g/mol. The Morgan fingerprint density at radius 1 is 1.50 bits per heavy atom. The Hall–Kier alpha value is -1.54. The highest BCUT2D eigenvalue weighted by Crippen LogP contribution is 2.24. The van der Waals surface area contributed by atoms with Gasteiger partial charge in [-0.15, -0.1) is 0 Å². The minimum atomic E-state index is -4.36. The number of carbonyl (C=O) groups excluding carboxylic acids is 1. The Bertz CT molecular complexity index is 577. The van der Waals surface area contributed by atoms with Crippen molar-refractivity contribution in [3.63, 3.8) is 0 Å². The van der Waals surface area contributed by atoms with Crippen LogP contribution in [-0.2, 0) is 10.0 Å². The molecular weight excluding hydrogens is 285 g/mol. The van der Waals surface area contributed by atoms with Gasteiger partial charge in [0.05, 0.1) is 5.69 Å². The van der Waals surface area contributed by atoms with Gasteiger partial charge in [0.25, 0.3) is 10.0 Å². The standard InChI is InChI=1S/C9H11ClFN3O3S/c1-2-13-9(15)14-18(16,17)7-4-5(10)3-6(12)8(7)11/h3-4H,2,12H2,1H3,(H2,13,14,15). The van der Waals surface area contributed by atoms with E-state index in [0.717, 1.165) is 12.1 Å². The van der Waals surface area contributed by atoms with Crippen LogP contribution in [0.4, 0.5) is 14.9 Å². The summed E-state index contributed by atoms with van der Waals surface area (Å²) in [5.41, 5.74) is 4.84. The van der Waals surface area contributed by atoms with Gasteiger partial charge in [-0.25, -0.2) is 22.3 Å². The number of hydrogen-bond acceptors (Lipinski definition) is 4. The minimum Gasteiger partial charge on any atom is -0.396 e. The van der Waals surface area contributed by atoms with Crippen LogP contribution >= 0.6 is 11.6 Å². The highest BCUT2D eigenvalue weighted by atomic mass is 35.5. The minimum absolute atomic E-state index is 0.0508. The first-order valence-electron chi connectivity index (χ1n) is 4.83. The summed E-state index contributed by atoms with van der Waals surface area (Å²) in [7, 11) is -4.36. The normalized spacial score (nSPS) is 11.1. The lowest BCUT2D eigenvalue weighted by Crippen LogP contribution is -2.39. The lowest BCUT2D eigenvalue weighted by atomic mass is 10.3. The molecule has 0 bridgehead atoms. The van der Waals surface area contributed by atoms with E-state index in [-0.39, 0.29) is 11.6 Å². The highest BCUT2D eigenvalue weighted by Gasteiger charge is 2.23. The second-order valence-corrected chi connectivity index (χ2v) is 5.36. The predicted molar refractivity (Wildman–Crippen MR) is 65.2 cm³/mol. The van der Waals surface area contributed by atoms with Crippen molar-refractivity contribution >= 4 is 33.3 Å². The molecule has 0 aliphatic carbocycles. The van der Waals surface area contributed by atoms with Gasteiger partial charge in [-0.3, -0.25) is 0 Å². The summed E-state index contributed by atoms with van der Waals surface area (Å²) < 4.78 is 38.6. The topological polar surface area (TPSA) is 101 Å². The van der Waals surface area contributed by atoms with Crippen LogP contribution in [0.15, 0.2) is 17.0 Å². The van der Waals surface area contributed by atoms with Crippen molar-refractivity contribution in [2.75, 3.05) is 12.3 Å². The number of nitrogens with one attached hydrogen (secondary N) is 2. The largest absolute Gasteiger partial charge is 0.396 e. The Morgan fingerprint density at radius 2 is 2.11 bits per heavy atom. The van der Waals surface area contributed by atoms with Gasteiger partial charge >= 0.3 is 6.03 Å². The van der Waals surface area contributed by atoms with Crippen LogP contribution in [-0.4, -0.2) is 21.0 Å². The zero-order chi connectivity index (χ0) is 13.9. The average molecular weight is 296 g/mol. The SMILES string of the molecule is CCNC(=O)NS(=O)(=O)c1cc(Cl)cc(N)c1F. The summed E-state index contributed by atoms with van der Waals surface area (Å²) >= 11 is 5.59. The fourth-order valence-electron chi connectivity index (χ4n) is 1.15. The van der Waals surface area contributed by atoms with Crippen LogP contribution in [0.25, 0.3) is 0 Å². The molecule has 6 nitrogen and oxygen atoms in total. The van der Waals surface area contributed by atoms with Crippen molar-refractivity contribution < 1.29 is 17.6 Å². The molecule has 9 heteroatoms. The van der Waals surface area contributed by atoms with Crippen LogP contribution in [0.3, 0.4) is 0 Å². The number of amides is 2. The van der Waals surface area contributed by atoms with Gasteiger partial charge in [0.1, 0.15) is 4.90 Å². The molecule has 0 aliphatic heterocycles. The van der Waals surface area contributed by atoms with Gasteiger partial charge in [0, 0.05) is 11.6 Å². The number of sulfonamides is 1. The molecular formula is C9H11ClFN3O3S. The summed E-state index contributed by atoms with van der Waals surface area (Å²) in [6.07, 6.45) is 0. The van der Waals surface area contributed by atoms with Gasteiger partial charge < -0.3 is 11.1 Å². The van der Waals surface area contributed by atoms with E-state index in [9.17, 15) is 17.6 Å². The lowest BCUT2D eigenvalue weighted by molar-refractivity contribution is 0.246. The smallest absolute Gasteiger partial charge is 0.328 e. The summed E-state index contributed by atoms with van der Waals surface area (Å²) in [6.45, 7) is 1.83. The summed E-state index contributed by atoms with van der Waals surface area (Å²) in [5, 5.41) is 2.15. The van der Waals surface area contributed by atoms with E-state index in [0.29, 0.717) is 0 Å². The van der Waals surface area contributed by atoms with E-state index in [2.05, 4.69) is 5.32 Å². The van der Waals surface area contributed by atoms with E-state index in [4.69, 9.17) is 17.3 Å². The highest BCUT2D eigenvalue weighted by molar-refractivity contribution is 7.90. The number of benzene rings is 1. The fraction of sp³-hybridized carbons (Fsp3) is 0.222. The molecule has 0 unspecified atom stereocenters. The van der Waals surface area contributed by atoms with Crippen LogP contribution < -0.4 is 15.8 Å². The van der Waals surface area contributed by atoms with E-state index >= 15 is 0 Å². The molecule has 2 amide bonds. The van der Waals surface area contributed by atoms with Crippen molar-refractivity contribution in [2.45, 2.75) is 11.8 Å². The molecule has 18 heavy (non-hydrogen) atoms. The molecule has 100 valence electrons. The Morgan fingerprint density at radius 3 is 2.67 bits per heavy atom. The van der Waals surface area contributed by atoms with Crippen molar-refractivity contribution in [3.05, 3.63) is 23.0 Å². The zero-order valence-electron chi connectivity index (χ0n) is 9.33. The number of urea groups is 1. The molecule has 0 spiro atoms. The first-order chi connectivity index (χ1) is 8.27. The molecule has 1 aromatic rings. The van der Waals surface area contributed by atoms with Crippen molar-refractivity contribution in [3.8, 4) is 0 Å². The molecule has 0 saturated heterocycles. The zero-order valence-corrected chi connectivity index (χ0v) is 10.9. The number of hydrogen-bond donors (Lipinski definition) is 3. The second kappa shape index (κ2) is 5.40. The van der Waals surface area contributed by atoms with E-state index in [1.807, 2.05) is 0 Å². The Kier molecular flexibility index (Phi) is 4.36. The molecule has 0 saturated carbocycles. The van der Waals surface area contributed by atoms with Crippen LogP contribution in [0.2, 0.25) is 5.02 Å². The van der Waals surface area contributed by atoms with Gasteiger partial charge in [-0.2, -0.15) is 0 Å². The van der Waals surface area contributed by atoms with Gasteiger partial charge in [-0.05, 0) is 19.1 Å². The van der Waals surface area contributed by atoms with Crippen molar-refractivity contribution in [1.82, 2.24) is 10.0 Å². The number of rotatable bonds is 3. The number of nitrogens with two attached hydrogens (primary N) is 1. The summed E-state index contributed by atoms with van der Waals surface area (Å²) in [5.74, 6) is -1.16. The number of carbonyl (C=O) groups is 1. The molecule has 0 aromatic heterocycles. The number of halogens is 2. The molecule has 0 atom stereocenters. The Balaban J connectivity index is 3.17. The molecule has 1 aromatic carbocycles. The van der Waals surface area contributed by atoms with Crippen molar-refractivity contribution in [1.29, 1.82) is 0 Å².